The van der Waals surface area contributed by atoms with Gasteiger partial charge in [0.25, 0.3) is 5.60 Å². The second-order valence-corrected chi connectivity index (χ2v) is 2.82. The summed E-state index contributed by atoms with van der Waals surface area (Å²) in [5.41, 5.74) is -4.03. The van der Waals surface area contributed by atoms with Gasteiger partial charge in [-0.15, -0.1) is 0 Å². The number of alkyl halides is 3. The Bertz CT molecular complexity index is 274. The third-order valence-electron chi connectivity index (χ3n) is 1.93. The molecule has 0 heterocycles. The minimum absolute atomic E-state index is 0.562. The van der Waals surface area contributed by atoms with E-state index in [9.17, 15) is 22.8 Å². The van der Waals surface area contributed by atoms with Gasteiger partial charge in [0.2, 0.25) is 0 Å². The number of esters is 1. The first-order valence-electron chi connectivity index (χ1n) is 3.69. The third kappa shape index (κ3) is 2.20. The summed E-state index contributed by atoms with van der Waals surface area (Å²) in [7, 11) is 0.619. The fraction of sp³-hybridized carbons (Fsp3) is 0.714. The van der Waals surface area contributed by atoms with E-state index in [1.807, 2.05) is 0 Å². The van der Waals surface area contributed by atoms with Gasteiger partial charge in [0.1, 0.15) is 5.92 Å². The number of aliphatic hydroxyl groups is 1. The molecule has 0 spiro atoms. The van der Waals surface area contributed by atoms with Crippen LogP contribution in [-0.4, -0.2) is 41.0 Å². The fourth-order valence-electron chi connectivity index (χ4n) is 0.872. The van der Waals surface area contributed by atoms with E-state index in [0.717, 1.165) is 0 Å². The van der Waals surface area contributed by atoms with E-state index < -0.39 is 29.6 Å². The van der Waals surface area contributed by atoms with Gasteiger partial charge in [-0.05, 0) is 6.92 Å². The number of carboxylic acid groups (broad SMARTS) is 1. The molecule has 2 unspecified atom stereocenters. The molecule has 0 aliphatic rings. The molecule has 5 nitrogen and oxygen atoms in total. The molecule has 0 aromatic rings. The minimum Gasteiger partial charge on any atom is -0.481 e. The molecule has 0 saturated heterocycles. The molecule has 0 rings (SSSR count). The van der Waals surface area contributed by atoms with Crippen LogP contribution in [0.2, 0.25) is 0 Å². The summed E-state index contributed by atoms with van der Waals surface area (Å²) in [4.78, 5) is 21.1. The second-order valence-electron chi connectivity index (χ2n) is 2.82. The normalized spacial score (nSPS) is 17.7. The molecule has 0 radical (unpaired) electrons. The van der Waals surface area contributed by atoms with Crippen LogP contribution in [0.3, 0.4) is 0 Å². The molecule has 88 valence electrons. The van der Waals surface area contributed by atoms with Crippen molar-refractivity contribution in [1.82, 2.24) is 0 Å². The topological polar surface area (TPSA) is 83.8 Å². The number of hydrogen-bond donors (Lipinski definition) is 2. The zero-order valence-corrected chi connectivity index (χ0v) is 7.83. The summed E-state index contributed by atoms with van der Waals surface area (Å²) in [6.07, 6.45) is -5.42. The molecule has 2 atom stereocenters. The van der Waals surface area contributed by atoms with Crippen LogP contribution in [0.25, 0.3) is 0 Å². The zero-order valence-electron chi connectivity index (χ0n) is 7.83. The summed E-state index contributed by atoms with van der Waals surface area (Å²) in [6.45, 7) is 0.562. The van der Waals surface area contributed by atoms with E-state index in [2.05, 4.69) is 4.74 Å². The Labute approximate surface area is 82.5 Å². The Morgan fingerprint density at radius 3 is 1.93 bits per heavy atom. The maximum absolute atomic E-state index is 12.3. The van der Waals surface area contributed by atoms with Gasteiger partial charge in [-0.3, -0.25) is 4.79 Å². The van der Waals surface area contributed by atoms with Crippen LogP contribution >= 0.6 is 0 Å². The molecule has 0 aromatic heterocycles. The van der Waals surface area contributed by atoms with Crippen LogP contribution in [0, 0.1) is 5.92 Å². The standard InChI is InChI=1S/C7H9F3O5/c1-3(4(11)12)6(14,5(13)15-2)7(8,9)10/h3,14H,1-2H3,(H,11,12). The van der Waals surface area contributed by atoms with Crippen LogP contribution in [0.4, 0.5) is 13.2 Å². The zero-order chi connectivity index (χ0) is 12.4. The van der Waals surface area contributed by atoms with Gasteiger partial charge in [-0.25, -0.2) is 4.79 Å². The highest BCUT2D eigenvalue weighted by Crippen LogP contribution is 2.37. The largest absolute Gasteiger partial charge is 0.481 e. The molecular formula is C7H9F3O5. The molecule has 15 heavy (non-hydrogen) atoms. The number of carbonyl (C=O) groups excluding carboxylic acids is 1. The summed E-state index contributed by atoms with van der Waals surface area (Å²) in [5.74, 6) is -6.37. The van der Waals surface area contributed by atoms with Gasteiger partial charge in [0.05, 0.1) is 7.11 Å². The van der Waals surface area contributed by atoms with E-state index in [1.54, 1.807) is 0 Å². The van der Waals surface area contributed by atoms with E-state index in [1.165, 1.54) is 0 Å². The number of carbonyl (C=O) groups is 2. The fourth-order valence-corrected chi connectivity index (χ4v) is 0.872. The number of halogens is 3. The highest BCUT2D eigenvalue weighted by molar-refractivity contribution is 5.87. The lowest BCUT2D eigenvalue weighted by Gasteiger charge is -2.30. The van der Waals surface area contributed by atoms with Gasteiger partial charge in [-0.2, -0.15) is 13.2 Å². The van der Waals surface area contributed by atoms with Crippen molar-refractivity contribution in [3.05, 3.63) is 0 Å². The molecule has 0 bridgehead atoms. The molecule has 0 aliphatic carbocycles. The monoisotopic (exact) mass is 230 g/mol. The van der Waals surface area contributed by atoms with Gasteiger partial charge in [-0.1, -0.05) is 0 Å². The first-order chi connectivity index (χ1) is 6.59. The van der Waals surface area contributed by atoms with E-state index in [-0.39, 0.29) is 0 Å². The van der Waals surface area contributed by atoms with Crippen molar-refractivity contribution in [2.75, 3.05) is 7.11 Å². The Hall–Kier alpha value is -1.31. The van der Waals surface area contributed by atoms with Gasteiger partial charge >= 0.3 is 18.1 Å². The van der Waals surface area contributed by atoms with Crippen LogP contribution in [0.1, 0.15) is 6.92 Å². The summed E-state index contributed by atoms with van der Waals surface area (Å²) >= 11 is 0. The number of aliphatic carboxylic acids is 1. The van der Waals surface area contributed by atoms with Crippen molar-refractivity contribution >= 4 is 11.9 Å². The Kier molecular flexibility index (Phi) is 3.70. The predicted molar refractivity (Wildman–Crippen MR) is 39.8 cm³/mol. The number of ether oxygens (including phenoxy) is 1. The Morgan fingerprint density at radius 1 is 1.33 bits per heavy atom. The first-order valence-corrected chi connectivity index (χ1v) is 3.69. The number of rotatable bonds is 3. The summed E-state index contributed by atoms with van der Waals surface area (Å²) in [6, 6.07) is 0. The van der Waals surface area contributed by atoms with Crippen molar-refractivity contribution in [1.29, 1.82) is 0 Å². The molecule has 8 heteroatoms. The average molecular weight is 230 g/mol. The van der Waals surface area contributed by atoms with Gasteiger partial charge < -0.3 is 14.9 Å². The average Bonchev–Trinajstić information content (AvgIpc) is 2.11. The number of hydrogen-bond acceptors (Lipinski definition) is 4. The molecule has 0 aliphatic heterocycles. The van der Waals surface area contributed by atoms with Crippen molar-refractivity contribution in [3.63, 3.8) is 0 Å². The lowest BCUT2D eigenvalue weighted by atomic mass is 9.88. The smallest absolute Gasteiger partial charge is 0.429 e. The molecule has 2 N–H and O–H groups in total. The van der Waals surface area contributed by atoms with E-state index >= 15 is 0 Å². The number of methoxy groups -OCH3 is 1. The maximum atomic E-state index is 12.3. The third-order valence-corrected chi connectivity index (χ3v) is 1.93. The van der Waals surface area contributed by atoms with Gasteiger partial charge in [0, 0.05) is 0 Å². The number of carboxylic acids is 1. The predicted octanol–water partition coefficient (Wildman–Crippen LogP) is 0.173. The highest BCUT2D eigenvalue weighted by atomic mass is 19.4. The Morgan fingerprint density at radius 2 is 1.73 bits per heavy atom. The van der Waals surface area contributed by atoms with Crippen LogP contribution in [-0.2, 0) is 14.3 Å². The quantitative estimate of drug-likeness (QED) is 0.675. The highest BCUT2D eigenvalue weighted by Gasteiger charge is 2.65. The molecule has 0 amide bonds. The second kappa shape index (κ2) is 4.05. The minimum atomic E-state index is -5.42. The maximum Gasteiger partial charge on any atom is 0.429 e. The molecule has 0 fully saturated rings. The van der Waals surface area contributed by atoms with Crippen molar-refractivity contribution in [2.24, 2.45) is 5.92 Å². The molecule has 0 saturated carbocycles. The lowest BCUT2D eigenvalue weighted by Crippen LogP contribution is -2.59. The summed E-state index contributed by atoms with van der Waals surface area (Å²) in [5, 5.41) is 17.4. The summed E-state index contributed by atoms with van der Waals surface area (Å²) < 4.78 is 40.8. The van der Waals surface area contributed by atoms with Crippen molar-refractivity contribution in [3.8, 4) is 0 Å². The molecule has 0 aromatic carbocycles. The van der Waals surface area contributed by atoms with Crippen LogP contribution in [0.15, 0.2) is 0 Å². The lowest BCUT2D eigenvalue weighted by molar-refractivity contribution is -0.275. The Balaban J connectivity index is 5.41. The van der Waals surface area contributed by atoms with Crippen molar-refractivity contribution < 1.29 is 37.7 Å². The SMILES string of the molecule is COC(=O)C(O)(C(C)C(=O)O)C(F)(F)F. The first kappa shape index (κ1) is 13.7. The molecular weight excluding hydrogens is 221 g/mol. The van der Waals surface area contributed by atoms with E-state index in [4.69, 9.17) is 10.2 Å². The van der Waals surface area contributed by atoms with E-state index in [0.29, 0.717) is 14.0 Å². The van der Waals surface area contributed by atoms with Gasteiger partial charge in [0.15, 0.2) is 0 Å². The van der Waals surface area contributed by atoms with Crippen LogP contribution in [0.5, 0.6) is 0 Å². The van der Waals surface area contributed by atoms with Crippen molar-refractivity contribution in [2.45, 2.75) is 18.7 Å². The van der Waals surface area contributed by atoms with Crippen LogP contribution < -0.4 is 0 Å².